The minimum Gasteiger partial charge on any atom is -0.497 e. The topological polar surface area (TPSA) is 21.3 Å². The summed E-state index contributed by atoms with van der Waals surface area (Å²) in [5.74, 6) is 1.76. The van der Waals surface area contributed by atoms with Gasteiger partial charge in [-0.3, -0.25) is 0 Å². The lowest BCUT2D eigenvalue weighted by atomic mass is 9.87. The third-order valence-corrected chi connectivity index (χ3v) is 3.93. The van der Waals surface area contributed by atoms with Crippen molar-refractivity contribution in [1.82, 2.24) is 5.32 Å². The normalized spacial score (nSPS) is 20.3. The minimum atomic E-state index is 0.505. The highest BCUT2D eigenvalue weighted by Gasteiger charge is 2.21. The molecule has 1 aromatic carbocycles. The monoisotopic (exact) mass is 247 g/mol. The van der Waals surface area contributed by atoms with Gasteiger partial charge in [0.15, 0.2) is 0 Å². The van der Waals surface area contributed by atoms with Crippen LogP contribution in [-0.2, 0) is 6.42 Å². The van der Waals surface area contributed by atoms with Gasteiger partial charge in [0.1, 0.15) is 5.75 Å². The van der Waals surface area contributed by atoms with Gasteiger partial charge in [0.2, 0.25) is 0 Å². The van der Waals surface area contributed by atoms with E-state index in [1.54, 1.807) is 7.11 Å². The summed E-state index contributed by atoms with van der Waals surface area (Å²) in [4.78, 5) is 0. The molecule has 0 aromatic heterocycles. The molecule has 2 atom stereocenters. The van der Waals surface area contributed by atoms with Crippen molar-refractivity contribution in [2.24, 2.45) is 5.92 Å². The molecule has 0 amide bonds. The SMILES string of the molecule is CCCC(C)CC1NCCc2ccc(OC)cc21. The molecule has 2 rings (SSSR count). The Hall–Kier alpha value is -1.02. The standard InChI is InChI=1S/C16H25NO/c1-4-5-12(2)10-16-15-11-14(18-3)7-6-13(15)8-9-17-16/h6-7,11-12,16-17H,4-5,8-10H2,1-3H3. The molecule has 0 aliphatic carbocycles. The van der Waals surface area contributed by atoms with Crippen molar-refractivity contribution in [2.45, 2.75) is 45.6 Å². The highest BCUT2D eigenvalue weighted by Crippen LogP contribution is 2.31. The van der Waals surface area contributed by atoms with Gasteiger partial charge in [-0.05, 0) is 48.6 Å². The van der Waals surface area contributed by atoms with E-state index in [-0.39, 0.29) is 0 Å². The Morgan fingerprint density at radius 1 is 1.44 bits per heavy atom. The molecular weight excluding hydrogens is 222 g/mol. The van der Waals surface area contributed by atoms with Crippen molar-refractivity contribution in [3.63, 3.8) is 0 Å². The van der Waals surface area contributed by atoms with Crippen LogP contribution in [0.5, 0.6) is 5.75 Å². The first-order chi connectivity index (χ1) is 8.74. The van der Waals surface area contributed by atoms with Gasteiger partial charge in [0, 0.05) is 6.04 Å². The van der Waals surface area contributed by atoms with Crippen LogP contribution in [0.1, 0.15) is 50.3 Å². The fourth-order valence-corrected chi connectivity index (χ4v) is 2.97. The van der Waals surface area contributed by atoms with Crippen molar-refractivity contribution >= 4 is 0 Å². The zero-order valence-corrected chi connectivity index (χ0v) is 11.8. The van der Waals surface area contributed by atoms with E-state index in [9.17, 15) is 0 Å². The lowest BCUT2D eigenvalue weighted by Crippen LogP contribution is -2.31. The predicted octanol–water partition coefficient (Wildman–Crippen LogP) is 3.71. The number of benzene rings is 1. The maximum absolute atomic E-state index is 5.35. The Labute approximate surface area is 111 Å². The van der Waals surface area contributed by atoms with E-state index in [4.69, 9.17) is 4.74 Å². The quantitative estimate of drug-likeness (QED) is 0.856. The molecule has 0 bridgehead atoms. The Bertz CT molecular complexity index is 389. The Morgan fingerprint density at radius 2 is 2.28 bits per heavy atom. The number of hydrogen-bond donors (Lipinski definition) is 1. The summed E-state index contributed by atoms with van der Waals surface area (Å²) >= 11 is 0. The summed E-state index contributed by atoms with van der Waals surface area (Å²) in [5, 5.41) is 3.66. The van der Waals surface area contributed by atoms with Crippen LogP contribution in [0.2, 0.25) is 0 Å². The predicted molar refractivity (Wildman–Crippen MR) is 76.1 cm³/mol. The Balaban J connectivity index is 2.15. The number of fused-ring (bicyclic) bond motifs is 1. The van der Waals surface area contributed by atoms with Crippen molar-refractivity contribution in [3.8, 4) is 5.75 Å². The van der Waals surface area contributed by atoms with Gasteiger partial charge in [-0.2, -0.15) is 0 Å². The molecule has 0 saturated heterocycles. The van der Waals surface area contributed by atoms with Gasteiger partial charge in [0.25, 0.3) is 0 Å². The van der Waals surface area contributed by atoms with Crippen LogP contribution < -0.4 is 10.1 Å². The molecule has 18 heavy (non-hydrogen) atoms. The second-order valence-corrected chi connectivity index (χ2v) is 5.45. The van der Waals surface area contributed by atoms with Crippen LogP contribution in [0.3, 0.4) is 0 Å². The summed E-state index contributed by atoms with van der Waals surface area (Å²) in [5.41, 5.74) is 2.94. The average Bonchev–Trinajstić information content (AvgIpc) is 2.39. The first-order valence-corrected chi connectivity index (χ1v) is 7.14. The van der Waals surface area contributed by atoms with Crippen molar-refractivity contribution in [3.05, 3.63) is 29.3 Å². The lowest BCUT2D eigenvalue weighted by molar-refractivity contribution is 0.374. The van der Waals surface area contributed by atoms with Gasteiger partial charge < -0.3 is 10.1 Å². The molecule has 0 radical (unpaired) electrons. The van der Waals surface area contributed by atoms with Crippen molar-refractivity contribution in [1.29, 1.82) is 0 Å². The third-order valence-electron chi connectivity index (χ3n) is 3.93. The molecule has 1 aliphatic heterocycles. The number of rotatable bonds is 5. The van der Waals surface area contributed by atoms with Crippen LogP contribution in [0.4, 0.5) is 0 Å². The molecule has 2 unspecified atom stereocenters. The van der Waals surface area contributed by atoms with Gasteiger partial charge in [-0.15, -0.1) is 0 Å². The fourth-order valence-electron chi connectivity index (χ4n) is 2.97. The smallest absolute Gasteiger partial charge is 0.119 e. The maximum atomic E-state index is 5.35. The average molecular weight is 247 g/mol. The van der Waals surface area contributed by atoms with Crippen LogP contribution >= 0.6 is 0 Å². The van der Waals surface area contributed by atoms with Crippen molar-refractivity contribution in [2.75, 3.05) is 13.7 Å². The fraction of sp³-hybridized carbons (Fsp3) is 0.625. The summed E-state index contributed by atoms with van der Waals surface area (Å²) in [6, 6.07) is 7.03. The molecule has 0 saturated carbocycles. The lowest BCUT2D eigenvalue weighted by Gasteiger charge is -2.29. The maximum Gasteiger partial charge on any atom is 0.119 e. The van der Waals surface area contributed by atoms with Crippen LogP contribution in [-0.4, -0.2) is 13.7 Å². The molecule has 1 heterocycles. The number of hydrogen-bond acceptors (Lipinski definition) is 2. The second kappa shape index (κ2) is 6.24. The zero-order valence-electron chi connectivity index (χ0n) is 11.8. The van der Waals surface area contributed by atoms with E-state index >= 15 is 0 Å². The van der Waals surface area contributed by atoms with Crippen LogP contribution in [0.15, 0.2) is 18.2 Å². The van der Waals surface area contributed by atoms with Crippen LogP contribution in [0.25, 0.3) is 0 Å². The highest BCUT2D eigenvalue weighted by molar-refractivity contribution is 5.39. The third kappa shape index (κ3) is 3.05. The summed E-state index contributed by atoms with van der Waals surface area (Å²) < 4.78 is 5.35. The number of ether oxygens (including phenoxy) is 1. The largest absolute Gasteiger partial charge is 0.497 e. The van der Waals surface area contributed by atoms with Gasteiger partial charge in [0.05, 0.1) is 7.11 Å². The summed E-state index contributed by atoms with van der Waals surface area (Å²) in [7, 11) is 1.74. The van der Waals surface area contributed by atoms with E-state index in [1.165, 1.54) is 30.4 Å². The summed E-state index contributed by atoms with van der Waals surface area (Å²) in [6.07, 6.45) is 4.96. The zero-order chi connectivity index (χ0) is 13.0. The van der Waals surface area contributed by atoms with Gasteiger partial charge in [-0.25, -0.2) is 0 Å². The molecule has 2 nitrogen and oxygen atoms in total. The molecule has 1 N–H and O–H groups in total. The van der Waals surface area contributed by atoms with Gasteiger partial charge in [-0.1, -0.05) is 32.8 Å². The van der Waals surface area contributed by atoms with Crippen molar-refractivity contribution < 1.29 is 4.74 Å². The van der Waals surface area contributed by atoms with Crippen LogP contribution in [0, 0.1) is 5.92 Å². The Kier molecular flexibility index (Phi) is 4.65. The molecule has 100 valence electrons. The van der Waals surface area contributed by atoms with E-state index in [0.717, 1.165) is 24.6 Å². The minimum absolute atomic E-state index is 0.505. The molecule has 1 aliphatic rings. The highest BCUT2D eigenvalue weighted by atomic mass is 16.5. The van der Waals surface area contributed by atoms with E-state index < -0.39 is 0 Å². The summed E-state index contributed by atoms with van der Waals surface area (Å²) in [6.45, 7) is 5.73. The molecule has 0 fully saturated rings. The second-order valence-electron chi connectivity index (χ2n) is 5.45. The number of methoxy groups -OCH3 is 1. The Morgan fingerprint density at radius 3 is 3.00 bits per heavy atom. The molecule has 0 spiro atoms. The van der Waals surface area contributed by atoms with E-state index in [1.807, 2.05) is 0 Å². The first kappa shape index (κ1) is 13.4. The first-order valence-electron chi connectivity index (χ1n) is 7.14. The number of nitrogens with one attached hydrogen (secondary N) is 1. The van der Waals surface area contributed by atoms with E-state index in [0.29, 0.717) is 6.04 Å². The molecule has 2 heteroatoms. The molecule has 1 aromatic rings. The van der Waals surface area contributed by atoms with Gasteiger partial charge >= 0.3 is 0 Å². The molecular formula is C16H25NO. The van der Waals surface area contributed by atoms with E-state index in [2.05, 4.69) is 37.4 Å².